The van der Waals surface area contributed by atoms with Crippen LogP contribution in [0.4, 0.5) is 0 Å². The smallest absolute Gasteiger partial charge is 0.111 e. The Labute approximate surface area is 95.3 Å². The molecule has 1 aromatic heterocycles. The highest BCUT2D eigenvalue weighted by Gasteiger charge is 2.35. The summed E-state index contributed by atoms with van der Waals surface area (Å²) in [5, 5.41) is 14.0. The number of piperidine rings is 1. The summed E-state index contributed by atoms with van der Waals surface area (Å²) < 4.78 is 0. The molecule has 84 valence electrons. The molecule has 15 heavy (non-hydrogen) atoms. The maximum atomic E-state index is 10.6. The van der Waals surface area contributed by atoms with E-state index in [2.05, 4.69) is 24.4 Å². The van der Waals surface area contributed by atoms with Crippen LogP contribution in [0.3, 0.4) is 0 Å². The van der Waals surface area contributed by atoms with Gasteiger partial charge in [-0.25, -0.2) is 0 Å². The van der Waals surface area contributed by atoms with Crippen molar-refractivity contribution in [1.82, 2.24) is 5.32 Å². The van der Waals surface area contributed by atoms with E-state index >= 15 is 0 Å². The topological polar surface area (TPSA) is 32.3 Å². The fraction of sp³-hybridized carbons (Fsp3) is 0.667. The van der Waals surface area contributed by atoms with E-state index in [1.165, 1.54) is 17.7 Å². The largest absolute Gasteiger partial charge is 0.383 e. The molecule has 1 aromatic rings. The number of thiophene rings is 1. The summed E-state index contributed by atoms with van der Waals surface area (Å²) in [4.78, 5) is 2.35. The van der Waals surface area contributed by atoms with E-state index in [4.69, 9.17) is 0 Å². The van der Waals surface area contributed by atoms with Gasteiger partial charge in [-0.2, -0.15) is 0 Å². The zero-order valence-corrected chi connectivity index (χ0v) is 10.2. The quantitative estimate of drug-likeness (QED) is 0.810. The van der Waals surface area contributed by atoms with E-state index in [0.717, 1.165) is 17.8 Å². The van der Waals surface area contributed by atoms with E-state index in [-0.39, 0.29) is 6.04 Å². The highest BCUT2D eigenvalue weighted by atomic mass is 32.1. The van der Waals surface area contributed by atoms with E-state index in [0.29, 0.717) is 0 Å². The molecule has 1 saturated heterocycles. The Bertz CT molecular complexity index is 326. The third-order valence-electron chi connectivity index (χ3n) is 3.23. The van der Waals surface area contributed by atoms with Gasteiger partial charge in [0, 0.05) is 15.8 Å². The Kier molecular flexibility index (Phi) is 3.14. The Hall–Kier alpha value is -0.380. The van der Waals surface area contributed by atoms with Gasteiger partial charge in [0.1, 0.15) is 5.60 Å². The predicted octanol–water partition coefficient (Wildman–Crippen LogP) is 2.41. The first-order chi connectivity index (χ1) is 7.10. The van der Waals surface area contributed by atoms with Crippen LogP contribution in [0, 0.1) is 6.92 Å². The summed E-state index contributed by atoms with van der Waals surface area (Å²) in [5.74, 6) is 0. The molecule has 0 spiro atoms. The zero-order chi connectivity index (χ0) is 10.9. The van der Waals surface area contributed by atoms with Crippen LogP contribution in [0.1, 0.15) is 35.9 Å². The average Bonchev–Trinajstić information content (AvgIpc) is 2.67. The lowest BCUT2D eigenvalue weighted by atomic mass is 9.88. The Morgan fingerprint density at radius 1 is 1.47 bits per heavy atom. The Balaban J connectivity index is 2.17. The van der Waals surface area contributed by atoms with Crippen molar-refractivity contribution in [3.8, 4) is 0 Å². The standard InChI is InChI=1S/C12H19NOS/c1-9-6-7-11(15-9)12(2,14)10-5-3-4-8-13-10/h6-7,10,13-14H,3-5,8H2,1-2H3. The van der Waals surface area contributed by atoms with E-state index in [1.54, 1.807) is 11.3 Å². The molecular formula is C12H19NOS. The minimum Gasteiger partial charge on any atom is -0.383 e. The van der Waals surface area contributed by atoms with Crippen molar-refractivity contribution >= 4 is 11.3 Å². The van der Waals surface area contributed by atoms with Crippen LogP contribution in [0.2, 0.25) is 0 Å². The van der Waals surface area contributed by atoms with Crippen molar-refractivity contribution < 1.29 is 5.11 Å². The second kappa shape index (κ2) is 4.24. The van der Waals surface area contributed by atoms with E-state index < -0.39 is 5.60 Å². The fourth-order valence-corrected chi connectivity index (χ4v) is 3.18. The minimum absolute atomic E-state index is 0.212. The van der Waals surface area contributed by atoms with Gasteiger partial charge < -0.3 is 10.4 Å². The highest BCUT2D eigenvalue weighted by molar-refractivity contribution is 7.12. The third-order valence-corrected chi connectivity index (χ3v) is 4.46. The number of hydrogen-bond acceptors (Lipinski definition) is 3. The first-order valence-electron chi connectivity index (χ1n) is 5.63. The summed E-state index contributed by atoms with van der Waals surface area (Å²) in [6.07, 6.45) is 3.53. The van der Waals surface area contributed by atoms with Crippen molar-refractivity contribution in [3.05, 3.63) is 21.9 Å². The normalized spacial score (nSPS) is 26.2. The SMILES string of the molecule is Cc1ccc(C(C)(O)C2CCCCN2)s1. The maximum Gasteiger partial charge on any atom is 0.111 e. The molecule has 1 aliphatic rings. The van der Waals surface area contributed by atoms with E-state index in [1.807, 2.05) is 6.92 Å². The average molecular weight is 225 g/mol. The van der Waals surface area contributed by atoms with Crippen molar-refractivity contribution in [1.29, 1.82) is 0 Å². The van der Waals surface area contributed by atoms with Gasteiger partial charge in [-0.3, -0.25) is 0 Å². The molecule has 0 aromatic carbocycles. The second-order valence-corrected chi connectivity index (χ2v) is 5.85. The fourth-order valence-electron chi connectivity index (χ4n) is 2.21. The monoisotopic (exact) mass is 225 g/mol. The molecule has 3 heteroatoms. The van der Waals surface area contributed by atoms with Crippen molar-refractivity contribution in [2.45, 2.75) is 44.8 Å². The lowest BCUT2D eigenvalue weighted by Gasteiger charge is -2.35. The summed E-state index contributed by atoms with van der Waals surface area (Å²) in [7, 11) is 0. The summed E-state index contributed by atoms with van der Waals surface area (Å²) in [5.41, 5.74) is -0.709. The molecule has 1 aliphatic heterocycles. The van der Waals surface area contributed by atoms with Crippen LogP contribution in [0.15, 0.2) is 12.1 Å². The summed E-state index contributed by atoms with van der Waals surface area (Å²) >= 11 is 1.70. The number of rotatable bonds is 2. The van der Waals surface area contributed by atoms with Crippen LogP contribution >= 0.6 is 11.3 Å². The molecule has 2 nitrogen and oxygen atoms in total. The van der Waals surface area contributed by atoms with Gasteiger partial charge >= 0.3 is 0 Å². The molecule has 2 N–H and O–H groups in total. The Morgan fingerprint density at radius 3 is 2.80 bits per heavy atom. The molecule has 2 unspecified atom stereocenters. The van der Waals surface area contributed by atoms with Crippen LogP contribution < -0.4 is 5.32 Å². The Morgan fingerprint density at radius 2 is 2.27 bits per heavy atom. The van der Waals surface area contributed by atoms with E-state index in [9.17, 15) is 5.11 Å². The van der Waals surface area contributed by atoms with Crippen LogP contribution in [0.5, 0.6) is 0 Å². The first kappa shape index (κ1) is 11.1. The second-order valence-electron chi connectivity index (χ2n) is 4.56. The first-order valence-corrected chi connectivity index (χ1v) is 6.45. The number of aryl methyl sites for hydroxylation is 1. The van der Waals surface area contributed by atoms with Crippen molar-refractivity contribution in [3.63, 3.8) is 0 Å². The molecule has 0 saturated carbocycles. The van der Waals surface area contributed by atoms with Gasteiger partial charge in [0.25, 0.3) is 0 Å². The number of aliphatic hydroxyl groups is 1. The van der Waals surface area contributed by atoms with Gasteiger partial charge in [0.05, 0.1) is 0 Å². The molecule has 0 aliphatic carbocycles. The summed E-state index contributed by atoms with van der Waals surface area (Å²) in [6, 6.07) is 4.34. The van der Waals surface area contributed by atoms with Crippen LogP contribution in [-0.2, 0) is 5.60 Å². The number of hydrogen-bond donors (Lipinski definition) is 2. The molecular weight excluding hydrogens is 206 g/mol. The van der Waals surface area contributed by atoms with Gasteiger partial charge in [0.15, 0.2) is 0 Å². The lowest BCUT2D eigenvalue weighted by molar-refractivity contribution is 0.00902. The number of nitrogens with one attached hydrogen (secondary N) is 1. The molecule has 0 radical (unpaired) electrons. The molecule has 0 amide bonds. The summed E-state index contributed by atoms with van der Waals surface area (Å²) in [6.45, 7) is 5.05. The van der Waals surface area contributed by atoms with Crippen molar-refractivity contribution in [2.75, 3.05) is 6.54 Å². The van der Waals surface area contributed by atoms with Crippen LogP contribution in [-0.4, -0.2) is 17.7 Å². The van der Waals surface area contributed by atoms with Gasteiger partial charge in [-0.1, -0.05) is 6.42 Å². The van der Waals surface area contributed by atoms with Gasteiger partial charge in [-0.15, -0.1) is 11.3 Å². The maximum absolute atomic E-state index is 10.6. The third kappa shape index (κ3) is 2.25. The molecule has 2 heterocycles. The molecule has 2 atom stereocenters. The molecule has 2 rings (SSSR count). The predicted molar refractivity (Wildman–Crippen MR) is 64.3 cm³/mol. The highest BCUT2D eigenvalue weighted by Crippen LogP contribution is 2.33. The molecule has 0 bridgehead atoms. The van der Waals surface area contributed by atoms with Gasteiger partial charge in [0.2, 0.25) is 0 Å². The lowest BCUT2D eigenvalue weighted by Crippen LogP contribution is -2.48. The van der Waals surface area contributed by atoms with Crippen LogP contribution in [0.25, 0.3) is 0 Å². The minimum atomic E-state index is -0.709. The van der Waals surface area contributed by atoms with Gasteiger partial charge in [-0.05, 0) is 45.4 Å². The zero-order valence-electron chi connectivity index (χ0n) is 9.42. The molecule has 1 fully saturated rings. The van der Waals surface area contributed by atoms with Crippen molar-refractivity contribution in [2.24, 2.45) is 0 Å².